The van der Waals surface area contributed by atoms with E-state index in [1.165, 1.54) is 6.21 Å². The van der Waals surface area contributed by atoms with E-state index in [1.807, 2.05) is 37.3 Å². The first-order valence-corrected chi connectivity index (χ1v) is 6.98. The summed E-state index contributed by atoms with van der Waals surface area (Å²) in [6.45, 7) is 1.84. The Hall–Kier alpha value is -1.83. The molecule has 1 aromatic heterocycles. The summed E-state index contributed by atoms with van der Waals surface area (Å²) in [6, 6.07) is 11.1. The quantitative estimate of drug-likeness (QED) is 0.490. The number of amides is 1. The second-order valence-electron chi connectivity index (χ2n) is 3.99. The summed E-state index contributed by atoms with van der Waals surface area (Å²) in [6.07, 6.45) is 1.44. The molecular formula is C14H13IN2O3. The Morgan fingerprint density at radius 2 is 2.20 bits per heavy atom. The zero-order chi connectivity index (χ0) is 14.4. The highest BCUT2D eigenvalue weighted by Gasteiger charge is 2.03. The van der Waals surface area contributed by atoms with Gasteiger partial charge >= 0.3 is 0 Å². The normalized spacial score (nSPS) is 10.7. The third kappa shape index (κ3) is 4.37. The fourth-order valence-corrected chi connectivity index (χ4v) is 1.89. The molecule has 0 radical (unpaired) electrons. The fourth-order valence-electron chi connectivity index (χ4n) is 1.46. The van der Waals surface area contributed by atoms with Crippen molar-refractivity contribution in [3.05, 3.63) is 51.5 Å². The molecule has 1 N–H and O–H groups in total. The molecule has 0 aliphatic carbocycles. The van der Waals surface area contributed by atoms with Crippen LogP contribution in [-0.2, 0) is 4.79 Å². The zero-order valence-corrected chi connectivity index (χ0v) is 13.0. The van der Waals surface area contributed by atoms with Crippen molar-refractivity contribution in [1.82, 2.24) is 5.43 Å². The molecule has 104 valence electrons. The highest BCUT2D eigenvalue weighted by atomic mass is 127. The first-order valence-electron chi connectivity index (χ1n) is 5.91. The van der Waals surface area contributed by atoms with Gasteiger partial charge in [-0.05, 0) is 53.3 Å². The number of aryl methyl sites for hydroxylation is 1. The third-order valence-corrected chi connectivity index (χ3v) is 3.01. The van der Waals surface area contributed by atoms with Crippen molar-refractivity contribution in [2.45, 2.75) is 6.92 Å². The Kier molecular flexibility index (Phi) is 5.16. The standard InChI is InChI=1S/C14H13IN2O3/c1-10-4-2-3-5-12(10)19-9-14(18)17-16-8-11-6-7-13(15)20-11/h2-8H,9H2,1H3,(H,17,18)/b16-8+. The van der Waals surface area contributed by atoms with Gasteiger partial charge in [0.1, 0.15) is 11.5 Å². The zero-order valence-electron chi connectivity index (χ0n) is 10.8. The minimum Gasteiger partial charge on any atom is -0.483 e. The van der Waals surface area contributed by atoms with Gasteiger partial charge in [0.25, 0.3) is 5.91 Å². The van der Waals surface area contributed by atoms with Crippen molar-refractivity contribution in [2.24, 2.45) is 5.10 Å². The van der Waals surface area contributed by atoms with Crippen molar-refractivity contribution < 1.29 is 13.9 Å². The van der Waals surface area contributed by atoms with Gasteiger partial charge in [0.15, 0.2) is 10.4 Å². The van der Waals surface area contributed by atoms with E-state index in [9.17, 15) is 4.79 Å². The van der Waals surface area contributed by atoms with Crippen LogP contribution < -0.4 is 10.2 Å². The van der Waals surface area contributed by atoms with Gasteiger partial charge in [-0.3, -0.25) is 4.79 Å². The molecule has 0 bridgehead atoms. The largest absolute Gasteiger partial charge is 0.483 e. The minimum atomic E-state index is -0.328. The second-order valence-corrected chi connectivity index (χ2v) is 5.05. The van der Waals surface area contributed by atoms with Gasteiger partial charge in [-0.25, -0.2) is 5.43 Å². The summed E-state index contributed by atoms with van der Waals surface area (Å²) in [7, 11) is 0. The molecule has 0 saturated carbocycles. The van der Waals surface area contributed by atoms with E-state index in [1.54, 1.807) is 6.07 Å². The number of hydrazone groups is 1. The van der Waals surface area contributed by atoms with Crippen molar-refractivity contribution in [3.63, 3.8) is 0 Å². The van der Waals surface area contributed by atoms with Crippen LogP contribution in [0.15, 0.2) is 45.9 Å². The number of ether oxygens (including phenoxy) is 1. The molecule has 2 aromatic rings. The SMILES string of the molecule is Cc1ccccc1OCC(=O)N/N=C/c1ccc(I)o1. The van der Waals surface area contributed by atoms with Crippen LogP contribution in [0.1, 0.15) is 11.3 Å². The van der Waals surface area contributed by atoms with Crippen LogP contribution in [0.5, 0.6) is 5.75 Å². The smallest absolute Gasteiger partial charge is 0.277 e. The van der Waals surface area contributed by atoms with Crippen molar-refractivity contribution in [1.29, 1.82) is 0 Å². The maximum Gasteiger partial charge on any atom is 0.277 e. The number of nitrogens with zero attached hydrogens (tertiary/aromatic N) is 1. The molecule has 20 heavy (non-hydrogen) atoms. The lowest BCUT2D eigenvalue weighted by molar-refractivity contribution is -0.123. The van der Waals surface area contributed by atoms with E-state index in [2.05, 4.69) is 33.1 Å². The first-order chi connectivity index (χ1) is 9.65. The summed E-state index contributed by atoms with van der Waals surface area (Å²) in [5.41, 5.74) is 3.35. The first kappa shape index (κ1) is 14.6. The summed E-state index contributed by atoms with van der Waals surface area (Å²) >= 11 is 2.05. The lowest BCUT2D eigenvalue weighted by Gasteiger charge is -2.07. The van der Waals surface area contributed by atoms with Crippen LogP contribution in [0.3, 0.4) is 0 Å². The molecule has 0 aliphatic heterocycles. The Morgan fingerprint density at radius 3 is 2.90 bits per heavy atom. The van der Waals surface area contributed by atoms with E-state index in [4.69, 9.17) is 9.15 Å². The van der Waals surface area contributed by atoms with Gasteiger partial charge in [-0.15, -0.1) is 0 Å². The molecule has 0 atom stereocenters. The number of furan rings is 1. The maximum atomic E-state index is 11.5. The molecular weight excluding hydrogens is 371 g/mol. The topological polar surface area (TPSA) is 63.8 Å². The summed E-state index contributed by atoms with van der Waals surface area (Å²) in [5, 5.41) is 3.79. The molecule has 6 heteroatoms. The van der Waals surface area contributed by atoms with Crippen LogP contribution in [0.4, 0.5) is 0 Å². The van der Waals surface area contributed by atoms with Gasteiger partial charge in [-0.2, -0.15) is 5.10 Å². The predicted molar refractivity (Wildman–Crippen MR) is 83.8 cm³/mol. The molecule has 0 aliphatic rings. The lowest BCUT2D eigenvalue weighted by Crippen LogP contribution is -2.24. The number of para-hydroxylation sites is 1. The minimum absolute atomic E-state index is 0.0854. The number of nitrogens with one attached hydrogen (secondary N) is 1. The number of halogens is 1. The summed E-state index contributed by atoms with van der Waals surface area (Å²) in [5.74, 6) is 0.937. The van der Waals surface area contributed by atoms with Crippen molar-refractivity contribution in [2.75, 3.05) is 6.61 Å². The number of hydrogen-bond acceptors (Lipinski definition) is 4. The molecule has 0 unspecified atom stereocenters. The number of carbonyl (C=O) groups is 1. The van der Waals surface area contributed by atoms with Crippen LogP contribution in [0.2, 0.25) is 0 Å². The Balaban J connectivity index is 1.78. The van der Waals surface area contributed by atoms with Gasteiger partial charge in [0, 0.05) is 0 Å². The monoisotopic (exact) mass is 384 g/mol. The highest BCUT2D eigenvalue weighted by Crippen LogP contribution is 2.15. The lowest BCUT2D eigenvalue weighted by atomic mass is 10.2. The molecule has 2 rings (SSSR count). The van der Waals surface area contributed by atoms with Gasteiger partial charge in [-0.1, -0.05) is 18.2 Å². The Labute approximate surface area is 130 Å². The third-order valence-electron chi connectivity index (χ3n) is 2.43. The van der Waals surface area contributed by atoms with Crippen molar-refractivity contribution in [3.8, 4) is 5.75 Å². The van der Waals surface area contributed by atoms with E-state index in [-0.39, 0.29) is 12.5 Å². The molecule has 1 amide bonds. The molecule has 0 fully saturated rings. The number of hydrogen-bond donors (Lipinski definition) is 1. The summed E-state index contributed by atoms with van der Waals surface area (Å²) < 4.78 is 11.4. The van der Waals surface area contributed by atoms with Crippen LogP contribution in [0, 0.1) is 10.7 Å². The van der Waals surface area contributed by atoms with Crippen LogP contribution in [0.25, 0.3) is 0 Å². The van der Waals surface area contributed by atoms with Gasteiger partial charge < -0.3 is 9.15 Å². The average molecular weight is 384 g/mol. The van der Waals surface area contributed by atoms with E-state index in [0.717, 1.165) is 9.33 Å². The van der Waals surface area contributed by atoms with Crippen molar-refractivity contribution >= 4 is 34.7 Å². The van der Waals surface area contributed by atoms with E-state index >= 15 is 0 Å². The average Bonchev–Trinajstić information content (AvgIpc) is 2.83. The number of carbonyl (C=O) groups excluding carboxylic acids is 1. The predicted octanol–water partition coefficient (Wildman–Crippen LogP) is 2.72. The molecule has 0 saturated heterocycles. The van der Waals surface area contributed by atoms with Crippen LogP contribution in [-0.4, -0.2) is 18.7 Å². The molecule has 0 spiro atoms. The summed E-state index contributed by atoms with van der Waals surface area (Å²) in [4.78, 5) is 11.5. The number of benzene rings is 1. The fraction of sp³-hybridized carbons (Fsp3) is 0.143. The Morgan fingerprint density at radius 1 is 1.40 bits per heavy atom. The second kappa shape index (κ2) is 7.09. The highest BCUT2D eigenvalue weighted by molar-refractivity contribution is 14.1. The maximum absolute atomic E-state index is 11.5. The van der Waals surface area contributed by atoms with E-state index < -0.39 is 0 Å². The molecule has 5 nitrogen and oxygen atoms in total. The molecule has 1 heterocycles. The Bertz CT molecular complexity index is 622. The van der Waals surface area contributed by atoms with Gasteiger partial charge in [0.2, 0.25) is 0 Å². The van der Waals surface area contributed by atoms with E-state index in [0.29, 0.717) is 11.5 Å². The van der Waals surface area contributed by atoms with Crippen LogP contribution >= 0.6 is 22.6 Å². The molecule has 1 aromatic carbocycles. The number of rotatable bonds is 5. The van der Waals surface area contributed by atoms with Gasteiger partial charge in [0.05, 0.1) is 6.21 Å².